The minimum Gasteiger partial charge on any atom is -0.330 e. The summed E-state index contributed by atoms with van der Waals surface area (Å²) in [4.78, 5) is 0. The first-order valence-corrected chi connectivity index (χ1v) is 12.9. The minimum atomic E-state index is 0.824. The molecule has 0 spiro atoms. The summed E-state index contributed by atoms with van der Waals surface area (Å²) in [5.41, 5.74) is 32.0. The van der Waals surface area contributed by atoms with Crippen molar-refractivity contribution in [3.8, 4) is 0 Å². The van der Waals surface area contributed by atoms with Gasteiger partial charge >= 0.3 is 0 Å². The molecule has 0 amide bonds. The van der Waals surface area contributed by atoms with Crippen molar-refractivity contribution in [2.75, 3.05) is 39.3 Å². The summed E-state index contributed by atoms with van der Waals surface area (Å²) in [6.07, 6.45) is 23.0. The van der Waals surface area contributed by atoms with Gasteiger partial charge in [-0.2, -0.15) is 0 Å². The van der Waals surface area contributed by atoms with E-state index in [0.717, 1.165) is 65.0 Å². The van der Waals surface area contributed by atoms with Crippen LogP contribution in [0.3, 0.4) is 0 Å². The maximum atomic E-state index is 5.43. The van der Waals surface area contributed by atoms with Crippen molar-refractivity contribution >= 4 is 0 Å². The lowest BCUT2D eigenvalue weighted by atomic mass is 10.1. The second-order valence-electron chi connectivity index (χ2n) is 8.10. The van der Waals surface area contributed by atoms with Crippen molar-refractivity contribution in [2.45, 2.75) is 116 Å². The van der Waals surface area contributed by atoms with Crippen molar-refractivity contribution in [1.29, 1.82) is 0 Å². The highest BCUT2D eigenvalue weighted by atomic mass is 14.5. The Balaban J connectivity index is -0.000000391. The number of nitrogens with two attached hydrogens (primary N) is 6. The highest BCUT2D eigenvalue weighted by Gasteiger charge is 1.91. The van der Waals surface area contributed by atoms with Crippen LogP contribution in [0, 0.1) is 0 Å². The van der Waals surface area contributed by atoms with Gasteiger partial charge in [0.15, 0.2) is 0 Å². The number of rotatable bonds is 21. The molecule has 186 valence electrons. The van der Waals surface area contributed by atoms with Crippen LogP contribution in [0.15, 0.2) is 0 Å². The first-order chi connectivity index (χ1) is 14.7. The number of hydrogen-bond acceptors (Lipinski definition) is 6. The fourth-order valence-electron chi connectivity index (χ4n) is 2.99. The van der Waals surface area contributed by atoms with Gasteiger partial charge in [-0.15, -0.1) is 0 Å². The molecule has 0 saturated carbocycles. The lowest BCUT2D eigenvalue weighted by Crippen LogP contribution is -2.00. The van der Waals surface area contributed by atoms with Gasteiger partial charge in [-0.05, 0) is 77.8 Å². The third-order valence-electron chi connectivity index (χ3n) is 4.97. The zero-order valence-corrected chi connectivity index (χ0v) is 20.4. The van der Waals surface area contributed by atoms with Gasteiger partial charge in [-0.1, -0.05) is 77.0 Å². The van der Waals surface area contributed by atoms with Crippen molar-refractivity contribution in [3.63, 3.8) is 0 Å². The van der Waals surface area contributed by atoms with Gasteiger partial charge in [0.25, 0.3) is 0 Å². The van der Waals surface area contributed by atoms with Gasteiger partial charge in [-0.3, -0.25) is 0 Å². The first-order valence-electron chi connectivity index (χ1n) is 12.9. The molecule has 0 saturated heterocycles. The summed E-state index contributed by atoms with van der Waals surface area (Å²) < 4.78 is 0. The van der Waals surface area contributed by atoms with E-state index in [2.05, 4.69) is 0 Å². The molecule has 0 aromatic rings. The molecule has 6 nitrogen and oxygen atoms in total. The molecule has 0 atom stereocenters. The van der Waals surface area contributed by atoms with Crippen LogP contribution < -0.4 is 34.4 Å². The van der Waals surface area contributed by atoms with Crippen LogP contribution >= 0.6 is 0 Å². The van der Waals surface area contributed by atoms with Gasteiger partial charge < -0.3 is 34.4 Å². The van der Waals surface area contributed by atoms with Gasteiger partial charge in [0.1, 0.15) is 0 Å². The highest BCUT2D eigenvalue weighted by molar-refractivity contribution is 4.48. The maximum Gasteiger partial charge on any atom is -0.00773 e. The SMILES string of the molecule is NCCCCCCCCCCCCN.NCCCCCCN.NCCCCCCN. The third kappa shape index (κ3) is 46.1. The van der Waals surface area contributed by atoms with Crippen LogP contribution in [0.25, 0.3) is 0 Å². The Hall–Kier alpha value is -0.240. The van der Waals surface area contributed by atoms with Crippen molar-refractivity contribution in [3.05, 3.63) is 0 Å². The zero-order chi connectivity index (χ0) is 23.0. The standard InChI is InChI=1S/C12H28N2.2C6H16N2/c13-11-9-7-5-3-1-2-4-6-8-10-12-14;2*7-5-3-1-2-4-6-8/h1-14H2;2*1-8H2. The predicted molar refractivity (Wildman–Crippen MR) is 137 cm³/mol. The van der Waals surface area contributed by atoms with Gasteiger partial charge in [0.2, 0.25) is 0 Å². The molecule has 0 radical (unpaired) electrons. The molecular formula is C24H60N6. The van der Waals surface area contributed by atoms with E-state index in [9.17, 15) is 0 Å². The number of unbranched alkanes of at least 4 members (excludes halogenated alkanes) is 15. The second kappa shape index (κ2) is 39.3. The molecular weight excluding hydrogens is 372 g/mol. The lowest BCUT2D eigenvalue weighted by molar-refractivity contribution is 0.554. The van der Waals surface area contributed by atoms with E-state index in [4.69, 9.17) is 34.4 Å². The molecule has 30 heavy (non-hydrogen) atoms. The molecule has 0 aliphatic rings. The Morgan fingerprint density at radius 1 is 0.167 bits per heavy atom. The summed E-state index contributed by atoms with van der Waals surface area (Å²) in [6.45, 7) is 5.02. The third-order valence-corrected chi connectivity index (χ3v) is 4.97. The molecule has 0 aromatic carbocycles. The molecule has 12 N–H and O–H groups in total. The maximum absolute atomic E-state index is 5.43. The van der Waals surface area contributed by atoms with Gasteiger partial charge in [0, 0.05) is 0 Å². The fourth-order valence-corrected chi connectivity index (χ4v) is 2.99. The summed E-state index contributed by atoms with van der Waals surface area (Å²) in [6, 6.07) is 0. The van der Waals surface area contributed by atoms with Crippen LogP contribution in [-0.4, -0.2) is 39.3 Å². The Bertz CT molecular complexity index is 206. The van der Waals surface area contributed by atoms with E-state index >= 15 is 0 Å². The average Bonchev–Trinajstić information content (AvgIpc) is 2.77. The Labute approximate surface area is 189 Å². The van der Waals surface area contributed by atoms with E-state index in [1.807, 2.05) is 0 Å². The lowest BCUT2D eigenvalue weighted by Gasteiger charge is -2.01. The first kappa shape index (κ1) is 34.4. The summed E-state index contributed by atoms with van der Waals surface area (Å²) in [5.74, 6) is 0. The molecule has 0 aliphatic carbocycles. The summed E-state index contributed by atoms with van der Waals surface area (Å²) in [5, 5.41) is 0. The Morgan fingerprint density at radius 3 is 0.367 bits per heavy atom. The highest BCUT2D eigenvalue weighted by Crippen LogP contribution is 2.09. The van der Waals surface area contributed by atoms with E-state index < -0.39 is 0 Å². The van der Waals surface area contributed by atoms with Crippen molar-refractivity contribution in [2.24, 2.45) is 34.4 Å². The summed E-state index contributed by atoms with van der Waals surface area (Å²) in [7, 11) is 0. The van der Waals surface area contributed by atoms with E-state index in [1.165, 1.54) is 89.9 Å². The summed E-state index contributed by atoms with van der Waals surface area (Å²) >= 11 is 0. The van der Waals surface area contributed by atoms with Crippen molar-refractivity contribution < 1.29 is 0 Å². The predicted octanol–water partition coefficient (Wildman–Crippen LogP) is 3.73. The van der Waals surface area contributed by atoms with Crippen LogP contribution in [0.5, 0.6) is 0 Å². The van der Waals surface area contributed by atoms with Crippen molar-refractivity contribution in [1.82, 2.24) is 0 Å². The molecule has 0 bridgehead atoms. The number of hydrogen-bond donors (Lipinski definition) is 6. The second-order valence-corrected chi connectivity index (χ2v) is 8.10. The van der Waals surface area contributed by atoms with E-state index in [0.29, 0.717) is 0 Å². The molecule has 6 heteroatoms. The molecule has 0 rings (SSSR count). The van der Waals surface area contributed by atoms with Crippen LogP contribution in [-0.2, 0) is 0 Å². The van der Waals surface area contributed by atoms with E-state index in [1.54, 1.807) is 0 Å². The van der Waals surface area contributed by atoms with Crippen LogP contribution in [0.2, 0.25) is 0 Å². The Kier molecular flexibility index (Phi) is 45.0. The molecule has 0 aromatic heterocycles. The molecule has 0 fully saturated rings. The zero-order valence-electron chi connectivity index (χ0n) is 20.4. The van der Waals surface area contributed by atoms with Crippen LogP contribution in [0.1, 0.15) is 116 Å². The largest absolute Gasteiger partial charge is 0.330 e. The monoisotopic (exact) mass is 432 g/mol. The molecule has 0 heterocycles. The topological polar surface area (TPSA) is 156 Å². The average molecular weight is 433 g/mol. The van der Waals surface area contributed by atoms with Crippen LogP contribution in [0.4, 0.5) is 0 Å². The molecule has 0 aliphatic heterocycles. The van der Waals surface area contributed by atoms with E-state index in [-0.39, 0.29) is 0 Å². The quantitative estimate of drug-likeness (QED) is 0.152. The van der Waals surface area contributed by atoms with Gasteiger partial charge in [-0.25, -0.2) is 0 Å². The smallest absolute Gasteiger partial charge is 0.00773 e. The van der Waals surface area contributed by atoms with Gasteiger partial charge in [0.05, 0.1) is 0 Å². The molecule has 0 unspecified atom stereocenters. The minimum absolute atomic E-state index is 0.824. The normalized spacial score (nSPS) is 10.2. The Morgan fingerprint density at radius 2 is 0.267 bits per heavy atom. The fraction of sp³-hybridized carbons (Fsp3) is 1.00.